The molecule has 2 aromatic rings. The number of hydrogen-bond donors (Lipinski definition) is 2. The highest BCUT2D eigenvalue weighted by molar-refractivity contribution is 7.89. The van der Waals surface area contributed by atoms with Gasteiger partial charge in [-0.05, 0) is 37.3 Å². The van der Waals surface area contributed by atoms with Gasteiger partial charge in [-0.15, -0.1) is 0 Å². The van der Waals surface area contributed by atoms with E-state index in [1.54, 1.807) is 18.4 Å². The number of carbonyl (C=O) groups is 1. The first-order valence-corrected chi connectivity index (χ1v) is 10.8. The first-order valence-electron chi connectivity index (χ1n) is 9.34. The molecular formula is C19H26N3O6S+. The van der Waals surface area contributed by atoms with E-state index in [9.17, 15) is 13.2 Å². The minimum Gasteiger partial charge on any atom is -0.495 e. The van der Waals surface area contributed by atoms with Crippen LogP contribution in [-0.4, -0.2) is 58.6 Å². The zero-order valence-corrected chi connectivity index (χ0v) is 17.3. The molecule has 0 unspecified atom stereocenters. The van der Waals surface area contributed by atoms with Gasteiger partial charge in [0, 0.05) is 18.8 Å². The summed E-state index contributed by atoms with van der Waals surface area (Å²) >= 11 is 0. The summed E-state index contributed by atoms with van der Waals surface area (Å²) in [6.45, 7) is 3.36. The fraction of sp³-hybridized carbons (Fsp3) is 0.421. The largest absolute Gasteiger partial charge is 0.495 e. The number of nitrogens with two attached hydrogens (primary N) is 1. The number of benzene rings is 1. The van der Waals surface area contributed by atoms with Crippen LogP contribution in [0.25, 0.3) is 0 Å². The van der Waals surface area contributed by atoms with Gasteiger partial charge in [0.15, 0.2) is 12.3 Å². The number of carbonyl (C=O) groups excluding carboxylic acids is 1. The molecule has 1 fully saturated rings. The Bertz CT molecular complexity index is 923. The van der Waals surface area contributed by atoms with Crippen molar-refractivity contribution in [2.45, 2.75) is 17.9 Å². The number of nitrogens with zero attached hydrogens (tertiary/aromatic N) is 1. The summed E-state index contributed by atoms with van der Waals surface area (Å²) in [5, 5.41) is 4.58. The molecule has 1 saturated heterocycles. The SMILES string of the molecule is COc1ccc(NC(=O)C[NH2+][C@H](C)c2ccco2)cc1S(=O)(=O)N1CCOCC1. The smallest absolute Gasteiger partial charge is 0.279 e. The lowest BCUT2D eigenvalue weighted by Gasteiger charge is -2.26. The predicted molar refractivity (Wildman–Crippen MR) is 105 cm³/mol. The van der Waals surface area contributed by atoms with Crippen molar-refractivity contribution in [2.75, 3.05) is 45.3 Å². The maximum atomic E-state index is 13.0. The lowest BCUT2D eigenvalue weighted by Crippen LogP contribution is -2.86. The van der Waals surface area contributed by atoms with E-state index >= 15 is 0 Å². The summed E-state index contributed by atoms with van der Waals surface area (Å²) in [5.41, 5.74) is 0.390. The summed E-state index contributed by atoms with van der Waals surface area (Å²) in [5.74, 6) is 0.761. The second-order valence-corrected chi connectivity index (χ2v) is 8.58. The molecule has 0 aliphatic carbocycles. The van der Waals surface area contributed by atoms with Crippen LogP contribution >= 0.6 is 0 Å². The van der Waals surface area contributed by atoms with Crippen LogP contribution in [0.15, 0.2) is 45.9 Å². The topological polar surface area (TPSA) is 115 Å². The van der Waals surface area contributed by atoms with E-state index < -0.39 is 10.0 Å². The Labute approximate surface area is 170 Å². The third-order valence-electron chi connectivity index (χ3n) is 4.68. The second kappa shape index (κ2) is 9.40. The maximum Gasteiger partial charge on any atom is 0.279 e. The van der Waals surface area contributed by atoms with Crippen LogP contribution in [0.3, 0.4) is 0 Å². The molecule has 10 heteroatoms. The van der Waals surface area contributed by atoms with Gasteiger partial charge < -0.3 is 24.5 Å². The average molecular weight is 424 g/mol. The van der Waals surface area contributed by atoms with Gasteiger partial charge in [0.2, 0.25) is 10.0 Å². The summed E-state index contributed by atoms with van der Waals surface area (Å²) in [7, 11) is -2.35. The number of morpholine rings is 1. The normalized spacial score (nSPS) is 16.3. The zero-order chi connectivity index (χ0) is 20.9. The molecule has 1 aliphatic rings. The van der Waals surface area contributed by atoms with E-state index in [1.807, 2.05) is 18.3 Å². The summed E-state index contributed by atoms with van der Waals surface area (Å²) in [6.07, 6.45) is 1.59. The molecule has 0 bridgehead atoms. The lowest BCUT2D eigenvalue weighted by atomic mass is 10.2. The molecule has 9 nitrogen and oxygen atoms in total. The molecule has 1 atom stereocenters. The fourth-order valence-corrected chi connectivity index (χ4v) is 4.63. The van der Waals surface area contributed by atoms with Gasteiger partial charge in [-0.1, -0.05) is 0 Å². The molecule has 29 heavy (non-hydrogen) atoms. The molecule has 0 spiro atoms. The number of rotatable bonds is 8. The van der Waals surface area contributed by atoms with Gasteiger partial charge in [0.1, 0.15) is 16.7 Å². The van der Waals surface area contributed by atoms with Crippen LogP contribution in [0.5, 0.6) is 5.75 Å². The van der Waals surface area contributed by atoms with Gasteiger partial charge in [-0.25, -0.2) is 8.42 Å². The van der Waals surface area contributed by atoms with E-state index in [0.29, 0.717) is 18.9 Å². The van der Waals surface area contributed by atoms with Gasteiger partial charge in [0.05, 0.1) is 26.6 Å². The first kappa shape index (κ1) is 21.3. The van der Waals surface area contributed by atoms with Crippen molar-refractivity contribution in [3.8, 4) is 5.75 Å². The number of sulfonamides is 1. The van der Waals surface area contributed by atoms with Crippen LogP contribution in [0.4, 0.5) is 5.69 Å². The number of quaternary nitrogens is 1. The van der Waals surface area contributed by atoms with Crippen molar-refractivity contribution in [2.24, 2.45) is 0 Å². The van der Waals surface area contributed by atoms with Crippen LogP contribution < -0.4 is 15.4 Å². The summed E-state index contributed by atoms with van der Waals surface area (Å²) < 4.78 is 43.2. The molecular weight excluding hydrogens is 398 g/mol. The van der Waals surface area contributed by atoms with Crippen LogP contribution in [0, 0.1) is 0 Å². The molecule has 1 aromatic heterocycles. The van der Waals surface area contributed by atoms with Gasteiger partial charge >= 0.3 is 0 Å². The molecule has 1 aromatic carbocycles. The van der Waals surface area contributed by atoms with Gasteiger partial charge in [0.25, 0.3) is 5.91 Å². The number of furan rings is 1. The maximum absolute atomic E-state index is 13.0. The second-order valence-electron chi connectivity index (χ2n) is 6.67. The number of methoxy groups -OCH3 is 1. The van der Waals surface area contributed by atoms with Crippen LogP contribution in [0.1, 0.15) is 18.7 Å². The Kier molecular flexibility index (Phi) is 6.91. The lowest BCUT2D eigenvalue weighted by molar-refractivity contribution is -0.684. The quantitative estimate of drug-likeness (QED) is 0.640. The Morgan fingerprint density at radius 2 is 2.07 bits per heavy atom. The number of ether oxygens (including phenoxy) is 2. The summed E-state index contributed by atoms with van der Waals surface area (Å²) in [6, 6.07) is 8.23. The van der Waals surface area contributed by atoms with E-state index in [2.05, 4.69) is 5.32 Å². The molecule has 0 radical (unpaired) electrons. The predicted octanol–water partition coefficient (Wildman–Crippen LogP) is 0.572. The third-order valence-corrected chi connectivity index (χ3v) is 6.60. The average Bonchev–Trinajstić information content (AvgIpc) is 3.27. The molecule has 1 aliphatic heterocycles. The van der Waals surface area contributed by atoms with E-state index in [4.69, 9.17) is 13.9 Å². The van der Waals surface area contributed by atoms with Crippen LogP contribution in [-0.2, 0) is 19.6 Å². The summed E-state index contributed by atoms with van der Waals surface area (Å²) in [4.78, 5) is 12.3. The van der Waals surface area contributed by atoms with Crippen LogP contribution in [0.2, 0.25) is 0 Å². The van der Waals surface area contributed by atoms with Crippen molar-refractivity contribution < 1.29 is 32.4 Å². The Balaban J connectivity index is 1.70. The Morgan fingerprint density at radius 3 is 2.72 bits per heavy atom. The highest BCUT2D eigenvalue weighted by Gasteiger charge is 2.29. The molecule has 2 heterocycles. The van der Waals surface area contributed by atoms with Crippen molar-refractivity contribution >= 4 is 21.6 Å². The number of nitrogens with one attached hydrogen (secondary N) is 1. The molecule has 158 valence electrons. The van der Waals surface area contributed by atoms with Crippen molar-refractivity contribution in [3.63, 3.8) is 0 Å². The zero-order valence-electron chi connectivity index (χ0n) is 16.5. The van der Waals surface area contributed by atoms with Crippen molar-refractivity contribution in [3.05, 3.63) is 42.4 Å². The molecule has 1 amide bonds. The van der Waals surface area contributed by atoms with E-state index in [1.165, 1.54) is 23.5 Å². The minimum absolute atomic E-state index is 0.0103. The number of amides is 1. The van der Waals surface area contributed by atoms with E-state index in [-0.39, 0.29) is 42.2 Å². The highest BCUT2D eigenvalue weighted by atomic mass is 32.2. The van der Waals surface area contributed by atoms with E-state index in [0.717, 1.165) is 5.76 Å². The monoisotopic (exact) mass is 424 g/mol. The Hall–Kier alpha value is -2.40. The van der Waals surface area contributed by atoms with Gasteiger partial charge in [-0.2, -0.15) is 4.31 Å². The highest BCUT2D eigenvalue weighted by Crippen LogP contribution is 2.30. The molecule has 0 saturated carbocycles. The number of hydrogen-bond acceptors (Lipinski definition) is 6. The Morgan fingerprint density at radius 1 is 1.31 bits per heavy atom. The first-order chi connectivity index (χ1) is 13.9. The standard InChI is InChI=1S/C19H25N3O6S/c1-14(16-4-3-9-28-16)20-13-19(23)21-15-5-6-17(26-2)18(12-15)29(24,25)22-7-10-27-11-8-22/h3-6,9,12,14,20H,7-8,10-11,13H2,1-2H3,(H,21,23)/p+1/t14-/m1/s1. The van der Waals surface area contributed by atoms with Crippen molar-refractivity contribution in [1.29, 1.82) is 0 Å². The third kappa shape index (κ3) is 5.15. The minimum atomic E-state index is -3.76. The number of anilines is 1. The van der Waals surface area contributed by atoms with Gasteiger partial charge in [-0.3, -0.25) is 4.79 Å². The fourth-order valence-electron chi connectivity index (χ4n) is 3.04. The molecule has 3 rings (SSSR count). The van der Waals surface area contributed by atoms with Crippen molar-refractivity contribution in [1.82, 2.24) is 4.31 Å². The molecule has 3 N–H and O–H groups in total.